The summed E-state index contributed by atoms with van der Waals surface area (Å²) in [6, 6.07) is 10.6. The SMILES string of the molecule is CCC(O)CC1CC(c2ccccc2)CCC1O. The monoisotopic (exact) mass is 248 g/mol. The number of hydrogen-bond donors (Lipinski definition) is 2. The summed E-state index contributed by atoms with van der Waals surface area (Å²) in [5, 5.41) is 19.8. The van der Waals surface area contributed by atoms with Crippen LogP contribution in [0.25, 0.3) is 0 Å². The van der Waals surface area contributed by atoms with Crippen molar-refractivity contribution in [3.63, 3.8) is 0 Å². The van der Waals surface area contributed by atoms with E-state index in [9.17, 15) is 10.2 Å². The van der Waals surface area contributed by atoms with E-state index < -0.39 is 0 Å². The highest BCUT2D eigenvalue weighted by atomic mass is 16.3. The Bertz CT molecular complexity index is 349. The fourth-order valence-electron chi connectivity index (χ4n) is 3.05. The van der Waals surface area contributed by atoms with Crippen LogP contribution in [0.4, 0.5) is 0 Å². The summed E-state index contributed by atoms with van der Waals surface area (Å²) >= 11 is 0. The highest BCUT2D eigenvalue weighted by Crippen LogP contribution is 2.38. The van der Waals surface area contributed by atoms with E-state index in [2.05, 4.69) is 24.3 Å². The average molecular weight is 248 g/mol. The van der Waals surface area contributed by atoms with Crippen molar-refractivity contribution in [3.8, 4) is 0 Å². The molecule has 0 radical (unpaired) electrons. The van der Waals surface area contributed by atoms with E-state index in [-0.39, 0.29) is 18.1 Å². The van der Waals surface area contributed by atoms with E-state index in [1.807, 2.05) is 13.0 Å². The zero-order valence-electron chi connectivity index (χ0n) is 11.1. The summed E-state index contributed by atoms with van der Waals surface area (Å²) in [5.74, 6) is 0.794. The predicted octanol–water partition coefficient (Wildman–Crippen LogP) is 3.09. The second-order valence-corrected chi connectivity index (χ2v) is 5.55. The lowest BCUT2D eigenvalue weighted by atomic mass is 9.74. The molecule has 0 amide bonds. The smallest absolute Gasteiger partial charge is 0.0569 e. The van der Waals surface area contributed by atoms with Crippen LogP contribution < -0.4 is 0 Å². The highest BCUT2D eigenvalue weighted by Gasteiger charge is 2.30. The molecule has 2 rings (SSSR count). The van der Waals surface area contributed by atoms with Gasteiger partial charge in [-0.25, -0.2) is 0 Å². The molecule has 0 heterocycles. The van der Waals surface area contributed by atoms with E-state index in [1.54, 1.807) is 0 Å². The van der Waals surface area contributed by atoms with E-state index in [0.29, 0.717) is 5.92 Å². The lowest BCUT2D eigenvalue weighted by Gasteiger charge is -2.34. The van der Waals surface area contributed by atoms with Gasteiger partial charge in [-0.15, -0.1) is 0 Å². The molecule has 2 heteroatoms. The summed E-state index contributed by atoms with van der Waals surface area (Å²) in [7, 11) is 0. The second kappa shape index (κ2) is 6.35. The van der Waals surface area contributed by atoms with Gasteiger partial charge in [-0.05, 0) is 49.5 Å². The van der Waals surface area contributed by atoms with Gasteiger partial charge >= 0.3 is 0 Å². The molecule has 1 aliphatic rings. The molecular weight excluding hydrogens is 224 g/mol. The third-order valence-electron chi connectivity index (χ3n) is 4.26. The fraction of sp³-hybridized carbons (Fsp3) is 0.625. The Morgan fingerprint density at radius 2 is 1.94 bits per heavy atom. The van der Waals surface area contributed by atoms with E-state index in [4.69, 9.17) is 0 Å². The second-order valence-electron chi connectivity index (χ2n) is 5.55. The van der Waals surface area contributed by atoms with Crippen molar-refractivity contribution in [2.75, 3.05) is 0 Å². The molecule has 1 saturated carbocycles. The Morgan fingerprint density at radius 3 is 2.61 bits per heavy atom. The maximum Gasteiger partial charge on any atom is 0.0569 e. The van der Waals surface area contributed by atoms with Gasteiger partial charge in [0.1, 0.15) is 0 Å². The topological polar surface area (TPSA) is 40.5 Å². The van der Waals surface area contributed by atoms with E-state index in [1.165, 1.54) is 5.56 Å². The number of benzene rings is 1. The molecule has 18 heavy (non-hydrogen) atoms. The summed E-state index contributed by atoms with van der Waals surface area (Å²) in [6.07, 6.45) is 3.94. The van der Waals surface area contributed by atoms with Crippen molar-refractivity contribution in [2.45, 2.75) is 57.2 Å². The van der Waals surface area contributed by atoms with Crippen LogP contribution in [0.2, 0.25) is 0 Å². The van der Waals surface area contributed by atoms with Crippen molar-refractivity contribution < 1.29 is 10.2 Å². The molecular formula is C16H24O2. The first-order chi connectivity index (χ1) is 8.70. The molecule has 2 N–H and O–H groups in total. The van der Waals surface area contributed by atoms with Crippen LogP contribution in [0.5, 0.6) is 0 Å². The molecule has 4 atom stereocenters. The third-order valence-corrected chi connectivity index (χ3v) is 4.26. The van der Waals surface area contributed by atoms with Gasteiger partial charge < -0.3 is 10.2 Å². The van der Waals surface area contributed by atoms with Crippen LogP contribution in [0, 0.1) is 5.92 Å². The lowest BCUT2D eigenvalue weighted by molar-refractivity contribution is 0.0268. The van der Waals surface area contributed by atoms with Gasteiger partial charge in [0.15, 0.2) is 0 Å². The Kier molecular flexibility index (Phi) is 4.79. The number of rotatable bonds is 4. The minimum atomic E-state index is -0.265. The normalized spacial score (nSPS) is 30.1. The molecule has 0 saturated heterocycles. The molecule has 4 unspecified atom stereocenters. The maximum atomic E-state index is 10.1. The summed E-state index contributed by atoms with van der Waals surface area (Å²) in [4.78, 5) is 0. The molecule has 1 aromatic carbocycles. The molecule has 100 valence electrons. The van der Waals surface area contributed by atoms with Crippen molar-refractivity contribution in [1.29, 1.82) is 0 Å². The zero-order valence-corrected chi connectivity index (χ0v) is 11.1. The first-order valence-electron chi connectivity index (χ1n) is 7.11. The Hall–Kier alpha value is -0.860. The average Bonchev–Trinajstić information content (AvgIpc) is 2.42. The largest absolute Gasteiger partial charge is 0.393 e. The van der Waals surface area contributed by atoms with Gasteiger partial charge in [0.05, 0.1) is 12.2 Å². The van der Waals surface area contributed by atoms with Crippen LogP contribution in [-0.2, 0) is 0 Å². The molecule has 0 aromatic heterocycles. The standard InChI is InChI=1S/C16H24O2/c1-2-15(17)11-14-10-13(8-9-16(14)18)12-6-4-3-5-7-12/h3-7,13-18H,2,8-11H2,1H3. The molecule has 0 aliphatic heterocycles. The maximum absolute atomic E-state index is 10.1. The first-order valence-corrected chi connectivity index (χ1v) is 7.11. The third kappa shape index (κ3) is 3.33. The fourth-order valence-corrected chi connectivity index (χ4v) is 3.05. The first kappa shape index (κ1) is 13.6. The van der Waals surface area contributed by atoms with Gasteiger partial charge in [0, 0.05) is 0 Å². The summed E-state index contributed by atoms with van der Waals surface area (Å²) < 4.78 is 0. The van der Waals surface area contributed by atoms with E-state index >= 15 is 0 Å². The van der Waals surface area contributed by atoms with Gasteiger partial charge in [-0.3, -0.25) is 0 Å². The van der Waals surface area contributed by atoms with Crippen LogP contribution in [0.15, 0.2) is 30.3 Å². The molecule has 0 bridgehead atoms. The Balaban J connectivity index is 2.00. The van der Waals surface area contributed by atoms with Crippen molar-refractivity contribution in [3.05, 3.63) is 35.9 Å². The van der Waals surface area contributed by atoms with Gasteiger partial charge in [-0.2, -0.15) is 0 Å². The molecule has 2 nitrogen and oxygen atoms in total. The minimum Gasteiger partial charge on any atom is -0.393 e. The van der Waals surface area contributed by atoms with Gasteiger partial charge in [-0.1, -0.05) is 37.3 Å². The molecule has 0 spiro atoms. The van der Waals surface area contributed by atoms with Gasteiger partial charge in [0.2, 0.25) is 0 Å². The zero-order chi connectivity index (χ0) is 13.0. The summed E-state index contributed by atoms with van der Waals surface area (Å²) in [6.45, 7) is 1.99. The van der Waals surface area contributed by atoms with Crippen LogP contribution >= 0.6 is 0 Å². The quantitative estimate of drug-likeness (QED) is 0.859. The van der Waals surface area contributed by atoms with Crippen molar-refractivity contribution in [1.82, 2.24) is 0 Å². The van der Waals surface area contributed by atoms with Crippen LogP contribution in [0.1, 0.15) is 50.5 Å². The Labute approximate surface area is 110 Å². The highest BCUT2D eigenvalue weighted by molar-refractivity contribution is 5.20. The number of aliphatic hydroxyl groups is 2. The summed E-state index contributed by atoms with van der Waals surface area (Å²) in [5.41, 5.74) is 1.38. The molecule has 1 aromatic rings. The van der Waals surface area contributed by atoms with Gasteiger partial charge in [0.25, 0.3) is 0 Å². The molecule has 1 aliphatic carbocycles. The van der Waals surface area contributed by atoms with E-state index in [0.717, 1.165) is 32.1 Å². The van der Waals surface area contributed by atoms with Crippen molar-refractivity contribution in [2.24, 2.45) is 5.92 Å². The Morgan fingerprint density at radius 1 is 1.22 bits per heavy atom. The minimum absolute atomic E-state index is 0.230. The van der Waals surface area contributed by atoms with Crippen LogP contribution in [-0.4, -0.2) is 22.4 Å². The number of hydrogen-bond acceptors (Lipinski definition) is 2. The predicted molar refractivity (Wildman–Crippen MR) is 73.4 cm³/mol. The molecule has 1 fully saturated rings. The number of aliphatic hydroxyl groups excluding tert-OH is 2. The lowest BCUT2D eigenvalue weighted by Crippen LogP contribution is -2.31. The van der Waals surface area contributed by atoms with Crippen LogP contribution in [0.3, 0.4) is 0 Å². The van der Waals surface area contributed by atoms with Crippen molar-refractivity contribution >= 4 is 0 Å².